The molecule has 0 spiro atoms. The molecule has 12 heteroatoms. The number of rotatable bonds is 13. The van der Waals surface area contributed by atoms with Crippen molar-refractivity contribution < 1.29 is 28.8 Å². The molecule has 5 aliphatic rings. The van der Waals surface area contributed by atoms with E-state index >= 15 is 0 Å². The monoisotopic (exact) mass is 704 g/mol. The molecule has 6 rings (SSSR count). The van der Waals surface area contributed by atoms with Crippen LogP contribution in [-0.4, -0.2) is 82.5 Å². The number of primary amides is 1. The zero-order valence-electron chi connectivity index (χ0n) is 30.5. The van der Waals surface area contributed by atoms with Gasteiger partial charge in [0, 0.05) is 20.1 Å². The number of amides is 6. The number of likely N-dealkylation sites (tertiary alicyclic amines) is 1. The van der Waals surface area contributed by atoms with E-state index in [0.29, 0.717) is 32.4 Å². The fourth-order valence-electron chi connectivity index (χ4n) is 9.42. The topological polar surface area (TPSA) is 171 Å². The number of nitrogens with zero attached hydrogens (tertiary/aromatic N) is 2. The van der Waals surface area contributed by atoms with Crippen molar-refractivity contribution >= 4 is 35.4 Å². The summed E-state index contributed by atoms with van der Waals surface area (Å²) >= 11 is 0. The number of hydrogen-bond donors (Lipinski definition) is 4. The van der Waals surface area contributed by atoms with Crippen LogP contribution >= 0.6 is 0 Å². The maximum atomic E-state index is 14.7. The number of carbonyl (C=O) groups is 6. The zero-order chi connectivity index (χ0) is 36.5. The van der Waals surface area contributed by atoms with Crippen LogP contribution in [0.2, 0.25) is 0 Å². The molecule has 1 saturated heterocycles. The molecule has 1 aromatic carbocycles. The number of hydrogen-bond acceptors (Lipinski definition) is 6. The fourth-order valence-corrected chi connectivity index (χ4v) is 9.42. The van der Waals surface area contributed by atoms with Gasteiger partial charge in [-0.1, -0.05) is 95.5 Å². The molecule has 12 nitrogen and oxygen atoms in total. The van der Waals surface area contributed by atoms with Gasteiger partial charge in [0.1, 0.15) is 17.6 Å². The second-order valence-electron chi connectivity index (χ2n) is 16.6. The van der Waals surface area contributed by atoms with Crippen molar-refractivity contribution in [2.24, 2.45) is 34.8 Å². The summed E-state index contributed by atoms with van der Waals surface area (Å²) in [6, 6.07) is 6.44. The van der Waals surface area contributed by atoms with E-state index in [1.807, 2.05) is 30.3 Å². The van der Waals surface area contributed by atoms with Gasteiger partial charge in [-0.2, -0.15) is 0 Å². The van der Waals surface area contributed by atoms with Crippen LogP contribution in [0, 0.1) is 29.1 Å². The molecule has 6 amide bonds. The van der Waals surface area contributed by atoms with Crippen molar-refractivity contribution in [3.63, 3.8) is 0 Å². The lowest BCUT2D eigenvalue weighted by molar-refractivity contribution is -0.144. The highest BCUT2D eigenvalue weighted by atomic mass is 16.2. The number of benzene rings is 1. The van der Waals surface area contributed by atoms with Crippen LogP contribution < -0.4 is 21.7 Å². The van der Waals surface area contributed by atoms with Gasteiger partial charge in [0.15, 0.2) is 0 Å². The van der Waals surface area contributed by atoms with Crippen LogP contribution in [0.4, 0.5) is 4.79 Å². The summed E-state index contributed by atoms with van der Waals surface area (Å²) in [6.45, 7) is 4.95. The van der Waals surface area contributed by atoms with Gasteiger partial charge in [0.05, 0.1) is 6.04 Å². The third-order valence-corrected chi connectivity index (χ3v) is 12.7. The summed E-state index contributed by atoms with van der Waals surface area (Å²) < 4.78 is 0. The molecule has 4 aliphatic carbocycles. The highest BCUT2D eigenvalue weighted by Crippen LogP contribution is 2.65. The number of urea groups is 1. The Morgan fingerprint density at radius 1 is 0.902 bits per heavy atom. The first-order valence-corrected chi connectivity index (χ1v) is 19.1. The fraction of sp³-hybridized carbons (Fsp3) is 0.692. The quantitative estimate of drug-likeness (QED) is 0.229. The molecule has 278 valence electrons. The van der Waals surface area contributed by atoms with Crippen LogP contribution in [0.25, 0.3) is 0 Å². The van der Waals surface area contributed by atoms with Crippen molar-refractivity contribution in [3.05, 3.63) is 35.9 Å². The van der Waals surface area contributed by atoms with Gasteiger partial charge in [-0.3, -0.25) is 24.0 Å². The average Bonchev–Trinajstić information content (AvgIpc) is 3.98. The molecule has 0 bridgehead atoms. The summed E-state index contributed by atoms with van der Waals surface area (Å²) in [5, 5.41) is 8.94. The highest BCUT2D eigenvalue weighted by Gasteiger charge is 2.70. The van der Waals surface area contributed by atoms with E-state index in [2.05, 4.69) is 29.8 Å². The highest BCUT2D eigenvalue weighted by molar-refractivity contribution is 6.37. The lowest BCUT2D eigenvalue weighted by atomic mass is 9.80. The number of fused-ring (bicyclic) bond motifs is 1. The standard InChI is InChI=1S/C39H56N6O6/c1-38(2)27-23-45(31(29(27)38)34(48)41-28(21-24-17-18-24)32(46)33(40)47)35(49)30(26-15-9-5-10-16-26)42-37(51)43-39(19-11-6-12-20-39)36(50)44(3)22-25-13-7-4-8-14-25/h4,7-8,13-14,24,26-31H,5-6,9-12,15-23H2,1-3H3,(H2,40,47)(H,41,48)(H2,42,43,51)/t27-,28?,29-,30-,31-/m0/s1. The van der Waals surface area contributed by atoms with Crippen molar-refractivity contribution in [1.82, 2.24) is 25.8 Å². The summed E-state index contributed by atoms with van der Waals surface area (Å²) in [6.07, 6.45) is 10.3. The van der Waals surface area contributed by atoms with Gasteiger partial charge in [0.2, 0.25) is 23.5 Å². The van der Waals surface area contributed by atoms with Gasteiger partial charge >= 0.3 is 6.03 Å². The number of nitrogens with one attached hydrogen (secondary N) is 3. The van der Waals surface area contributed by atoms with E-state index in [1.165, 1.54) is 0 Å². The van der Waals surface area contributed by atoms with E-state index in [4.69, 9.17) is 5.73 Å². The van der Waals surface area contributed by atoms with Crippen LogP contribution in [0.3, 0.4) is 0 Å². The summed E-state index contributed by atoms with van der Waals surface area (Å²) in [7, 11) is 1.76. The Bertz CT molecular complexity index is 1500. The van der Waals surface area contributed by atoms with Gasteiger partial charge < -0.3 is 31.5 Å². The Kier molecular flexibility index (Phi) is 10.8. The first kappa shape index (κ1) is 36.8. The molecule has 1 heterocycles. The molecule has 5 fully saturated rings. The van der Waals surface area contributed by atoms with E-state index in [0.717, 1.165) is 69.8 Å². The molecule has 1 unspecified atom stereocenters. The molecular formula is C39H56N6O6. The lowest BCUT2D eigenvalue weighted by Gasteiger charge is -2.41. The lowest BCUT2D eigenvalue weighted by Crippen LogP contribution is -2.65. The molecule has 1 aliphatic heterocycles. The van der Waals surface area contributed by atoms with Gasteiger partial charge in [-0.25, -0.2) is 4.79 Å². The van der Waals surface area contributed by atoms with Crippen LogP contribution in [0.15, 0.2) is 30.3 Å². The Hall–Kier alpha value is -3.96. The van der Waals surface area contributed by atoms with E-state index in [1.54, 1.807) is 16.8 Å². The number of Topliss-reactive ketones (excluding diaryl/α,β-unsaturated/α-hetero) is 1. The second-order valence-corrected chi connectivity index (χ2v) is 16.6. The second kappa shape index (κ2) is 14.9. The Morgan fingerprint density at radius 2 is 1.55 bits per heavy atom. The van der Waals surface area contributed by atoms with E-state index in [9.17, 15) is 28.8 Å². The van der Waals surface area contributed by atoms with Crippen LogP contribution in [0.1, 0.15) is 103 Å². The molecule has 0 aromatic heterocycles. The van der Waals surface area contributed by atoms with E-state index < -0.39 is 47.3 Å². The molecular weight excluding hydrogens is 648 g/mol. The van der Waals surface area contributed by atoms with Gasteiger partial charge in [0.25, 0.3) is 5.91 Å². The Labute approximate surface area is 301 Å². The summed E-state index contributed by atoms with van der Waals surface area (Å²) in [4.78, 5) is 84.8. The third-order valence-electron chi connectivity index (χ3n) is 12.7. The molecule has 0 radical (unpaired) electrons. The third kappa shape index (κ3) is 7.94. The minimum absolute atomic E-state index is 0.0926. The SMILES string of the molecule is CN(Cc1ccccc1)C(=O)C1(NC(=O)N[C@H](C(=O)N2C[C@H]3[C@@H]([C@H]2C(=O)NC(CC2CC2)C(=O)C(N)=O)C3(C)C)C2CCCCC2)CCCCC1. The van der Waals surface area contributed by atoms with E-state index in [-0.39, 0.29) is 40.9 Å². The molecule has 1 aromatic rings. The van der Waals surface area contributed by atoms with Crippen molar-refractivity contribution in [2.75, 3.05) is 13.6 Å². The number of likely N-dealkylation sites (N-methyl/N-ethyl adjacent to an activating group) is 1. The maximum Gasteiger partial charge on any atom is 0.316 e. The maximum absolute atomic E-state index is 14.7. The number of piperidine rings is 1. The zero-order valence-corrected chi connectivity index (χ0v) is 30.5. The minimum atomic E-state index is -1.09. The number of carbonyl (C=O) groups excluding carboxylic acids is 6. The number of nitrogens with two attached hydrogens (primary N) is 1. The Balaban J connectivity index is 1.21. The van der Waals surface area contributed by atoms with Crippen molar-refractivity contribution in [3.8, 4) is 0 Å². The predicted octanol–water partition coefficient (Wildman–Crippen LogP) is 3.42. The molecule has 5 atom stereocenters. The summed E-state index contributed by atoms with van der Waals surface area (Å²) in [5.74, 6) is -2.72. The summed E-state index contributed by atoms with van der Waals surface area (Å²) in [5.41, 5.74) is 5.09. The molecule has 5 N–H and O–H groups in total. The minimum Gasteiger partial charge on any atom is -0.363 e. The largest absolute Gasteiger partial charge is 0.363 e. The van der Waals surface area contributed by atoms with Gasteiger partial charge in [-0.15, -0.1) is 0 Å². The predicted molar refractivity (Wildman–Crippen MR) is 190 cm³/mol. The van der Waals surface area contributed by atoms with Crippen molar-refractivity contribution in [2.45, 2.75) is 128 Å². The van der Waals surface area contributed by atoms with Crippen molar-refractivity contribution in [1.29, 1.82) is 0 Å². The first-order chi connectivity index (χ1) is 24.3. The average molecular weight is 705 g/mol. The first-order valence-electron chi connectivity index (χ1n) is 19.1. The van der Waals surface area contributed by atoms with Crippen LogP contribution in [-0.2, 0) is 30.5 Å². The normalized spacial score (nSPS) is 26.2. The smallest absolute Gasteiger partial charge is 0.316 e. The van der Waals surface area contributed by atoms with Gasteiger partial charge in [-0.05, 0) is 66.8 Å². The molecule has 4 saturated carbocycles. The Morgan fingerprint density at radius 3 is 2.18 bits per heavy atom. The molecule has 51 heavy (non-hydrogen) atoms. The van der Waals surface area contributed by atoms with Crippen LogP contribution in [0.5, 0.6) is 0 Å². The number of ketones is 1.